The molecule has 1 aliphatic heterocycles. The molecule has 1 heterocycles. The number of fused-ring (bicyclic) bond motifs is 1. The maximum absolute atomic E-state index is 12.2. The van der Waals surface area contributed by atoms with Crippen molar-refractivity contribution < 1.29 is 19.4 Å². The summed E-state index contributed by atoms with van der Waals surface area (Å²) in [6.07, 6.45) is 0.546. The standard InChI is InChI=1S/C14H18N2O4/c1-20-9-13(17)12-6-7-15-10-4-2-3-5-11(10)16(12)8-14(18)19/h2-5,12,15H,6-9H2,1H3,(H,18,19). The number of para-hydroxylation sites is 2. The monoisotopic (exact) mass is 278 g/mol. The number of carboxylic acid groups (broad SMARTS) is 1. The van der Waals surface area contributed by atoms with Gasteiger partial charge < -0.3 is 20.1 Å². The van der Waals surface area contributed by atoms with Crippen molar-refractivity contribution in [1.82, 2.24) is 0 Å². The van der Waals surface area contributed by atoms with E-state index < -0.39 is 12.0 Å². The van der Waals surface area contributed by atoms with Crippen molar-refractivity contribution in [3.63, 3.8) is 0 Å². The minimum atomic E-state index is -0.961. The number of anilines is 2. The molecule has 0 saturated carbocycles. The second-order valence-corrected chi connectivity index (χ2v) is 4.67. The number of carbonyl (C=O) groups excluding carboxylic acids is 1. The molecule has 1 unspecified atom stereocenters. The van der Waals surface area contributed by atoms with Gasteiger partial charge in [-0.25, -0.2) is 0 Å². The van der Waals surface area contributed by atoms with E-state index in [4.69, 9.17) is 9.84 Å². The molecule has 1 aromatic carbocycles. The molecule has 0 saturated heterocycles. The normalized spacial score (nSPS) is 17.9. The van der Waals surface area contributed by atoms with Crippen LogP contribution >= 0.6 is 0 Å². The Bertz CT molecular complexity index is 504. The van der Waals surface area contributed by atoms with Crippen molar-refractivity contribution in [3.05, 3.63) is 24.3 Å². The van der Waals surface area contributed by atoms with Gasteiger partial charge in [-0.3, -0.25) is 9.59 Å². The highest BCUT2D eigenvalue weighted by Crippen LogP contribution is 2.30. The van der Waals surface area contributed by atoms with Crippen LogP contribution in [0.3, 0.4) is 0 Å². The topological polar surface area (TPSA) is 78.9 Å². The fourth-order valence-electron chi connectivity index (χ4n) is 2.46. The van der Waals surface area contributed by atoms with Crippen LogP contribution in [-0.4, -0.2) is 49.7 Å². The molecule has 0 fully saturated rings. The number of aliphatic carboxylic acids is 1. The van der Waals surface area contributed by atoms with E-state index in [9.17, 15) is 9.59 Å². The highest BCUT2D eigenvalue weighted by molar-refractivity contribution is 5.92. The van der Waals surface area contributed by atoms with Gasteiger partial charge in [-0.2, -0.15) is 0 Å². The molecular weight excluding hydrogens is 260 g/mol. The number of carbonyl (C=O) groups is 2. The van der Waals surface area contributed by atoms with Crippen LogP contribution in [0.4, 0.5) is 11.4 Å². The van der Waals surface area contributed by atoms with E-state index in [-0.39, 0.29) is 18.9 Å². The fraction of sp³-hybridized carbons (Fsp3) is 0.429. The van der Waals surface area contributed by atoms with E-state index >= 15 is 0 Å². The van der Waals surface area contributed by atoms with E-state index in [1.807, 2.05) is 24.3 Å². The lowest BCUT2D eigenvalue weighted by atomic mass is 10.1. The molecular formula is C14H18N2O4. The zero-order valence-electron chi connectivity index (χ0n) is 11.3. The van der Waals surface area contributed by atoms with E-state index in [2.05, 4.69) is 5.32 Å². The summed E-state index contributed by atoms with van der Waals surface area (Å²) in [4.78, 5) is 24.9. The lowest BCUT2D eigenvalue weighted by Gasteiger charge is -2.30. The Kier molecular flexibility index (Phi) is 4.57. The van der Waals surface area contributed by atoms with Gasteiger partial charge in [0.05, 0.1) is 17.4 Å². The third-order valence-corrected chi connectivity index (χ3v) is 3.29. The number of ketones is 1. The van der Waals surface area contributed by atoms with Crippen LogP contribution in [0.25, 0.3) is 0 Å². The zero-order chi connectivity index (χ0) is 14.5. The van der Waals surface area contributed by atoms with Gasteiger partial charge in [-0.05, 0) is 18.6 Å². The Morgan fingerprint density at radius 2 is 2.20 bits per heavy atom. The molecule has 2 rings (SSSR count). The second kappa shape index (κ2) is 6.38. The molecule has 0 radical (unpaired) electrons. The van der Waals surface area contributed by atoms with Gasteiger partial charge in [-0.1, -0.05) is 12.1 Å². The highest BCUT2D eigenvalue weighted by Gasteiger charge is 2.30. The van der Waals surface area contributed by atoms with Crippen LogP contribution in [0.15, 0.2) is 24.3 Å². The summed E-state index contributed by atoms with van der Waals surface area (Å²) >= 11 is 0. The van der Waals surface area contributed by atoms with Gasteiger partial charge in [0.2, 0.25) is 0 Å². The molecule has 0 spiro atoms. The van der Waals surface area contributed by atoms with E-state index in [1.54, 1.807) is 4.90 Å². The van der Waals surface area contributed by atoms with Crippen LogP contribution in [0.1, 0.15) is 6.42 Å². The summed E-state index contributed by atoms with van der Waals surface area (Å²) in [5.41, 5.74) is 1.59. The lowest BCUT2D eigenvalue weighted by molar-refractivity contribution is -0.135. The fourth-order valence-corrected chi connectivity index (χ4v) is 2.46. The molecule has 0 bridgehead atoms. The predicted octanol–water partition coefficient (Wildman–Crippen LogP) is 0.977. The number of Topliss-reactive ketones (excluding diaryl/α,β-unsaturated/α-hetero) is 1. The van der Waals surface area contributed by atoms with Crippen LogP contribution in [0.2, 0.25) is 0 Å². The Hall–Kier alpha value is -2.08. The maximum Gasteiger partial charge on any atom is 0.323 e. The number of nitrogens with one attached hydrogen (secondary N) is 1. The zero-order valence-corrected chi connectivity index (χ0v) is 11.3. The first-order valence-corrected chi connectivity index (χ1v) is 6.46. The molecule has 6 heteroatoms. The summed E-state index contributed by atoms with van der Waals surface area (Å²) in [6.45, 7) is 0.398. The van der Waals surface area contributed by atoms with E-state index in [0.717, 1.165) is 11.4 Å². The minimum absolute atomic E-state index is 0.0110. The third kappa shape index (κ3) is 3.08. The number of rotatable bonds is 5. The molecule has 1 atom stereocenters. The van der Waals surface area contributed by atoms with Gasteiger partial charge in [0.25, 0.3) is 0 Å². The molecule has 0 amide bonds. The number of ether oxygens (including phenoxy) is 1. The largest absolute Gasteiger partial charge is 0.480 e. The average Bonchev–Trinajstić information content (AvgIpc) is 2.59. The van der Waals surface area contributed by atoms with Crippen molar-refractivity contribution >= 4 is 23.1 Å². The van der Waals surface area contributed by atoms with Gasteiger partial charge in [0.15, 0.2) is 5.78 Å². The van der Waals surface area contributed by atoms with Crippen LogP contribution in [-0.2, 0) is 14.3 Å². The Labute approximate surface area is 117 Å². The molecule has 1 aromatic rings. The van der Waals surface area contributed by atoms with Gasteiger partial charge >= 0.3 is 5.97 Å². The minimum Gasteiger partial charge on any atom is -0.480 e. The first-order chi connectivity index (χ1) is 9.63. The highest BCUT2D eigenvalue weighted by atomic mass is 16.5. The van der Waals surface area contributed by atoms with Crippen molar-refractivity contribution in [2.75, 3.05) is 37.0 Å². The smallest absolute Gasteiger partial charge is 0.323 e. The molecule has 6 nitrogen and oxygen atoms in total. The van der Waals surface area contributed by atoms with Crippen molar-refractivity contribution in [2.45, 2.75) is 12.5 Å². The maximum atomic E-state index is 12.2. The SMILES string of the molecule is COCC(=O)C1CCNc2ccccc2N1CC(=O)O. The predicted molar refractivity (Wildman–Crippen MR) is 75.2 cm³/mol. The molecule has 1 aliphatic rings. The van der Waals surface area contributed by atoms with Crippen LogP contribution < -0.4 is 10.2 Å². The number of carboxylic acids is 1. The summed E-state index contributed by atoms with van der Waals surface area (Å²) in [5.74, 6) is -1.07. The number of hydrogen-bond donors (Lipinski definition) is 2. The summed E-state index contributed by atoms with van der Waals surface area (Å²) < 4.78 is 4.89. The summed E-state index contributed by atoms with van der Waals surface area (Å²) in [6, 6.07) is 6.93. The Morgan fingerprint density at radius 3 is 2.90 bits per heavy atom. The first kappa shape index (κ1) is 14.3. The number of methoxy groups -OCH3 is 1. The van der Waals surface area contributed by atoms with Gasteiger partial charge in [-0.15, -0.1) is 0 Å². The van der Waals surface area contributed by atoms with E-state index in [1.165, 1.54) is 7.11 Å². The molecule has 108 valence electrons. The van der Waals surface area contributed by atoms with Crippen molar-refractivity contribution in [3.8, 4) is 0 Å². The molecule has 0 aliphatic carbocycles. The number of nitrogens with zero attached hydrogens (tertiary/aromatic N) is 1. The van der Waals surface area contributed by atoms with E-state index in [0.29, 0.717) is 13.0 Å². The Balaban J connectivity index is 2.36. The van der Waals surface area contributed by atoms with Crippen molar-refractivity contribution in [1.29, 1.82) is 0 Å². The lowest BCUT2D eigenvalue weighted by Crippen LogP contribution is -2.45. The molecule has 2 N–H and O–H groups in total. The molecule has 20 heavy (non-hydrogen) atoms. The van der Waals surface area contributed by atoms with Gasteiger partial charge in [0, 0.05) is 13.7 Å². The third-order valence-electron chi connectivity index (χ3n) is 3.29. The quantitative estimate of drug-likeness (QED) is 0.836. The van der Waals surface area contributed by atoms with Gasteiger partial charge in [0.1, 0.15) is 13.2 Å². The average molecular weight is 278 g/mol. The first-order valence-electron chi connectivity index (χ1n) is 6.46. The number of benzene rings is 1. The molecule has 0 aromatic heterocycles. The number of hydrogen-bond acceptors (Lipinski definition) is 5. The van der Waals surface area contributed by atoms with Crippen molar-refractivity contribution in [2.24, 2.45) is 0 Å². The summed E-state index contributed by atoms with van der Waals surface area (Å²) in [5, 5.41) is 12.3. The summed E-state index contributed by atoms with van der Waals surface area (Å²) in [7, 11) is 1.46. The second-order valence-electron chi connectivity index (χ2n) is 4.67. The Morgan fingerprint density at radius 1 is 1.45 bits per heavy atom. The van der Waals surface area contributed by atoms with Crippen LogP contribution in [0.5, 0.6) is 0 Å². The van der Waals surface area contributed by atoms with Crippen LogP contribution in [0, 0.1) is 0 Å².